The van der Waals surface area contributed by atoms with E-state index in [1.54, 1.807) is 30.6 Å². The summed E-state index contributed by atoms with van der Waals surface area (Å²) in [4.78, 5) is 24.9. The third kappa shape index (κ3) is 5.02. The number of aromatic amines is 1. The van der Waals surface area contributed by atoms with Gasteiger partial charge >= 0.3 is 0 Å². The fraction of sp³-hybridized carbons (Fsp3) is 0.286. The first-order valence-electron chi connectivity index (χ1n) is 11.9. The molecular weight excluding hydrogens is 427 g/mol. The number of hydrogen-bond donors (Lipinski definition) is 1. The minimum absolute atomic E-state index is 0.0246. The van der Waals surface area contributed by atoms with Gasteiger partial charge in [0.15, 0.2) is 0 Å². The van der Waals surface area contributed by atoms with Crippen molar-refractivity contribution in [1.29, 1.82) is 0 Å². The highest BCUT2D eigenvalue weighted by atomic mass is 19.1. The van der Waals surface area contributed by atoms with E-state index in [2.05, 4.69) is 14.9 Å². The molecule has 3 heterocycles. The van der Waals surface area contributed by atoms with Gasteiger partial charge in [-0.15, -0.1) is 0 Å². The van der Waals surface area contributed by atoms with Gasteiger partial charge in [0.2, 0.25) is 0 Å². The zero-order valence-corrected chi connectivity index (χ0v) is 19.2. The summed E-state index contributed by atoms with van der Waals surface area (Å²) >= 11 is 0. The molecule has 4 aromatic rings. The zero-order valence-electron chi connectivity index (χ0n) is 19.2. The summed E-state index contributed by atoms with van der Waals surface area (Å²) in [6.07, 6.45) is 8.59. The number of hydrogen-bond acceptors (Lipinski definition) is 3. The highest BCUT2D eigenvalue weighted by Gasteiger charge is 2.18. The topological polar surface area (TPSA) is 52.2 Å². The Balaban J connectivity index is 1.38. The molecule has 1 fully saturated rings. The summed E-state index contributed by atoms with van der Waals surface area (Å²) in [5, 5.41) is 1.04. The van der Waals surface area contributed by atoms with E-state index in [1.165, 1.54) is 18.9 Å². The quantitative estimate of drug-likeness (QED) is 0.381. The van der Waals surface area contributed by atoms with Crippen molar-refractivity contribution in [1.82, 2.24) is 19.8 Å². The summed E-state index contributed by atoms with van der Waals surface area (Å²) in [7, 11) is 0. The Labute approximate surface area is 199 Å². The second-order valence-corrected chi connectivity index (χ2v) is 8.96. The highest BCUT2D eigenvalue weighted by Crippen LogP contribution is 2.28. The van der Waals surface area contributed by atoms with Gasteiger partial charge in [-0.25, -0.2) is 4.39 Å². The molecule has 1 aliphatic heterocycles. The predicted molar refractivity (Wildman–Crippen MR) is 133 cm³/mol. The fourth-order valence-electron chi connectivity index (χ4n) is 4.75. The summed E-state index contributed by atoms with van der Waals surface area (Å²) in [5.74, 6) is -0.289. The monoisotopic (exact) mass is 456 g/mol. The maximum absolute atomic E-state index is 14.8. The Morgan fingerprint density at radius 3 is 2.68 bits per heavy atom. The smallest absolute Gasteiger partial charge is 0.254 e. The van der Waals surface area contributed by atoms with Crippen LogP contribution in [-0.4, -0.2) is 51.9 Å². The number of carbonyl (C=O) groups excluding carboxylic acids is 1. The molecule has 1 saturated heterocycles. The Bertz CT molecular complexity index is 1260. The molecule has 174 valence electrons. The number of fused-ring (bicyclic) bond motifs is 1. The van der Waals surface area contributed by atoms with Crippen molar-refractivity contribution in [3.63, 3.8) is 0 Å². The third-order valence-electron chi connectivity index (χ3n) is 6.58. The fourth-order valence-corrected chi connectivity index (χ4v) is 4.75. The average molecular weight is 457 g/mol. The second-order valence-electron chi connectivity index (χ2n) is 8.96. The molecule has 1 amide bonds. The average Bonchev–Trinajstić information content (AvgIpc) is 3.56. The van der Waals surface area contributed by atoms with Crippen LogP contribution >= 0.6 is 0 Å². The molecule has 0 bridgehead atoms. The first kappa shape index (κ1) is 22.3. The SMILES string of the molecule is O=C(c1ccncc1)N(CCCN1CCCC1)Cc1ccc(F)c(-c2ccc3[nH]ccc3c2)c1. The zero-order chi connectivity index (χ0) is 23.3. The van der Waals surface area contributed by atoms with Crippen LogP contribution in [0.2, 0.25) is 0 Å². The van der Waals surface area contributed by atoms with Crippen LogP contribution in [0, 0.1) is 5.82 Å². The van der Waals surface area contributed by atoms with Gasteiger partial charge in [-0.05, 0) is 97.9 Å². The Hall–Kier alpha value is -3.51. The number of nitrogens with zero attached hydrogens (tertiary/aromatic N) is 3. The molecule has 2 aromatic heterocycles. The van der Waals surface area contributed by atoms with Gasteiger partial charge in [-0.1, -0.05) is 12.1 Å². The van der Waals surface area contributed by atoms with Crippen LogP contribution in [0.3, 0.4) is 0 Å². The van der Waals surface area contributed by atoms with Crippen molar-refractivity contribution in [3.05, 3.63) is 90.1 Å². The number of pyridine rings is 1. The summed E-state index contributed by atoms with van der Waals surface area (Å²) in [6.45, 7) is 4.36. The lowest BCUT2D eigenvalue weighted by Crippen LogP contribution is -2.33. The molecule has 0 aliphatic carbocycles. The van der Waals surface area contributed by atoms with Crippen LogP contribution in [0.25, 0.3) is 22.0 Å². The van der Waals surface area contributed by atoms with Crippen molar-refractivity contribution in [3.8, 4) is 11.1 Å². The van der Waals surface area contributed by atoms with E-state index in [4.69, 9.17) is 0 Å². The van der Waals surface area contributed by atoms with E-state index in [0.29, 0.717) is 24.2 Å². The Morgan fingerprint density at radius 2 is 1.85 bits per heavy atom. The normalized spacial score (nSPS) is 14.0. The number of nitrogens with one attached hydrogen (secondary N) is 1. The van der Waals surface area contributed by atoms with E-state index >= 15 is 0 Å². The molecular formula is C28H29FN4O. The largest absolute Gasteiger partial charge is 0.361 e. The molecule has 0 unspecified atom stereocenters. The molecule has 1 N–H and O–H groups in total. The number of carbonyl (C=O) groups is 1. The second kappa shape index (κ2) is 10.2. The van der Waals surface area contributed by atoms with Crippen LogP contribution in [0.5, 0.6) is 0 Å². The van der Waals surface area contributed by atoms with Gasteiger partial charge in [0, 0.05) is 48.3 Å². The molecule has 0 saturated carbocycles. The van der Waals surface area contributed by atoms with Crippen molar-refractivity contribution in [2.75, 3.05) is 26.2 Å². The molecule has 0 spiro atoms. The number of benzene rings is 2. The van der Waals surface area contributed by atoms with Gasteiger partial charge in [-0.3, -0.25) is 9.78 Å². The summed E-state index contributed by atoms with van der Waals surface area (Å²) in [5.41, 5.74) is 3.93. The Kier molecular flexibility index (Phi) is 6.67. The van der Waals surface area contributed by atoms with Crippen molar-refractivity contribution in [2.45, 2.75) is 25.8 Å². The van der Waals surface area contributed by atoms with Gasteiger partial charge < -0.3 is 14.8 Å². The number of amides is 1. The van der Waals surface area contributed by atoms with Crippen molar-refractivity contribution < 1.29 is 9.18 Å². The molecule has 0 radical (unpaired) electrons. The first-order valence-corrected chi connectivity index (χ1v) is 11.9. The lowest BCUT2D eigenvalue weighted by atomic mass is 10.0. The van der Waals surface area contributed by atoms with Crippen LogP contribution in [0.4, 0.5) is 4.39 Å². The lowest BCUT2D eigenvalue weighted by Gasteiger charge is -2.25. The van der Waals surface area contributed by atoms with E-state index in [9.17, 15) is 9.18 Å². The van der Waals surface area contributed by atoms with Crippen LogP contribution in [-0.2, 0) is 6.54 Å². The minimum Gasteiger partial charge on any atom is -0.361 e. The maximum Gasteiger partial charge on any atom is 0.254 e. The standard InChI is InChI=1S/C28H29FN4O/c29-26-6-4-21(18-25(26)23-5-7-27-24(19-23)10-13-31-27)20-33(17-3-16-32-14-1-2-15-32)28(34)22-8-11-30-12-9-22/h4-13,18-19,31H,1-3,14-17,20H2. The number of likely N-dealkylation sites (tertiary alicyclic amines) is 1. The van der Waals surface area contributed by atoms with Crippen molar-refractivity contribution >= 4 is 16.8 Å². The third-order valence-corrected chi connectivity index (χ3v) is 6.58. The number of rotatable bonds is 8. The molecule has 5 nitrogen and oxygen atoms in total. The number of halogens is 1. The molecule has 1 aliphatic rings. The molecule has 0 atom stereocenters. The van der Waals surface area contributed by atoms with Gasteiger partial charge in [-0.2, -0.15) is 0 Å². The minimum atomic E-state index is -0.264. The van der Waals surface area contributed by atoms with E-state index < -0.39 is 0 Å². The van der Waals surface area contributed by atoms with Crippen molar-refractivity contribution in [2.24, 2.45) is 0 Å². The van der Waals surface area contributed by atoms with Crippen LogP contribution in [0.1, 0.15) is 35.2 Å². The predicted octanol–water partition coefficient (Wildman–Crippen LogP) is 5.50. The van der Waals surface area contributed by atoms with E-state index in [1.807, 2.05) is 41.4 Å². The van der Waals surface area contributed by atoms with Gasteiger partial charge in [0.25, 0.3) is 5.91 Å². The highest BCUT2D eigenvalue weighted by molar-refractivity contribution is 5.94. The number of aromatic nitrogens is 2. The van der Waals surface area contributed by atoms with Crippen LogP contribution < -0.4 is 0 Å². The van der Waals surface area contributed by atoms with E-state index in [0.717, 1.165) is 48.1 Å². The van der Waals surface area contributed by atoms with Gasteiger partial charge in [0.1, 0.15) is 5.82 Å². The summed E-state index contributed by atoms with van der Waals surface area (Å²) < 4.78 is 14.8. The molecule has 34 heavy (non-hydrogen) atoms. The lowest BCUT2D eigenvalue weighted by molar-refractivity contribution is 0.0736. The molecule has 5 rings (SSSR count). The first-order chi connectivity index (χ1) is 16.7. The number of H-pyrrole nitrogens is 1. The Morgan fingerprint density at radius 1 is 1.03 bits per heavy atom. The molecule has 6 heteroatoms. The maximum atomic E-state index is 14.8. The van der Waals surface area contributed by atoms with Gasteiger partial charge in [0.05, 0.1) is 0 Å². The van der Waals surface area contributed by atoms with Crippen LogP contribution in [0.15, 0.2) is 73.2 Å². The van der Waals surface area contributed by atoms with E-state index in [-0.39, 0.29) is 11.7 Å². The summed E-state index contributed by atoms with van der Waals surface area (Å²) in [6, 6.07) is 16.5. The molecule has 2 aromatic carbocycles.